The molecule has 0 bridgehead atoms. The highest BCUT2D eigenvalue weighted by molar-refractivity contribution is 6.31. The summed E-state index contributed by atoms with van der Waals surface area (Å²) in [5.74, 6) is 0.100. The van der Waals surface area contributed by atoms with E-state index in [-0.39, 0.29) is 17.7 Å². The number of hydrogen-bond acceptors (Lipinski definition) is 3. The van der Waals surface area contributed by atoms with Crippen LogP contribution in [0.4, 0.5) is 17.1 Å². The van der Waals surface area contributed by atoms with E-state index >= 15 is 0 Å². The zero-order valence-electron chi connectivity index (χ0n) is 14.8. The molecule has 3 N–H and O–H groups in total. The number of benzene rings is 2. The van der Waals surface area contributed by atoms with Crippen LogP contribution in [0.25, 0.3) is 0 Å². The Hall–Kier alpha value is -2.53. The molecule has 136 valence electrons. The zero-order chi connectivity index (χ0) is 18.7. The molecule has 0 spiro atoms. The van der Waals surface area contributed by atoms with Crippen LogP contribution in [-0.4, -0.2) is 17.9 Å². The van der Waals surface area contributed by atoms with E-state index in [9.17, 15) is 9.59 Å². The molecule has 6 heteroatoms. The molecule has 0 aliphatic heterocycles. The van der Waals surface area contributed by atoms with Crippen molar-refractivity contribution in [1.29, 1.82) is 0 Å². The van der Waals surface area contributed by atoms with Gasteiger partial charge < -0.3 is 16.0 Å². The number of hydrogen-bond donors (Lipinski definition) is 3. The van der Waals surface area contributed by atoms with Gasteiger partial charge in [-0.1, -0.05) is 17.7 Å². The Morgan fingerprint density at radius 1 is 1.04 bits per heavy atom. The van der Waals surface area contributed by atoms with Crippen molar-refractivity contribution in [2.75, 3.05) is 16.0 Å². The summed E-state index contributed by atoms with van der Waals surface area (Å²) >= 11 is 6.08. The Labute approximate surface area is 158 Å². The van der Waals surface area contributed by atoms with Crippen molar-refractivity contribution < 1.29 is 9.59 Å². The summed E-state index contributed by atoms with van der Waals surface area (Å²) in [5.41, 5.74) is 3.11. The van der Waals surface area contributed by atoms with Crippen LogP contribution in [0.1, 0.15) is 25.3 Å². The Morgan fingerprint density at radius 2 is 1.69 bits per heavy atom. The van der Waals surface area contributed by atoms with Gasteiger partial charge in [0, 0.05) is 28.0 Å². The topological polar surface area (TPSA) is 70.2 Å². The molecule has 0 radical (unpaired) electrons. The lowest BCUT2D eigenvalue weighted by Gasteiger charge is -2.17. The minimum absolute atomic E-state index is 0.0790. The SMILES string of the molecule is Cc1c(Cl)cccc1NC(=O)[C@@H](C)Nc1ccc(NC(=O)C2CC2)cc1. The summed E-state index contributed by atoms with van der Waals surface area (Å²) in [4.78, 5) is 24.2. The van der Waals surface area contributed by atoms with Gasteiger partial charge >= 0.3 is 0 Å². The number of halogens is 1. The Balaban J connectivity index is 1.56. The average Bonchev–Trinajstić information content (AvgIpc) is 3.45. The number of carbonyl (C=O) groups is 2. The highest BCUT2D eigenvalue weighted by Crippen LogP contribution is 2.30. The number of rotatable bonds is 6. The second kappa shape index (κ2) is 7.79. The Bertz CT molecular complexity index is 816. The molecular formula is C20H22ClN3O2. The monoisotopic (exact) mass is 371 g/mol. The van der Waals surface area contributed by atoms with Gasteiger partial charge in [-0.2, -0.15) is 0 Å². The lowest BCUT2D eigenvalue weighted by atomic mass is 10.2. The summed E-state index contributed by atoms with van der Waals surface area (Å²) < 4.78 is 0. The van der Waals surface area contributed by atoms with Gasteiger partial charge in [0.05, 0.1) is 0 Å². The molecule has 5 nitrogen and oxygen atoms in total. The average molecular weight is 372 g/mol. The van der Waals surface area contributed by atoms with Crippen molar-refractivity contribution in [3.63, 3.8) is 0 Å². The summed E-state index contributed by atoms with van der Waals surface area (Å²) in [6.45, 7) is 3.66. The van der Waals surface area contributed by atoms with Crippen molar-refractivity contribution in [1.82, 2.24) is 0 Å². The van der Waals surface area contributed by atoms with E-state index in [1.807, 2.05) is 37.3 Å². The lowest BCUT2D eigenvalue weighted by molar-refractivity contribution is -0.117. The van der Waals surface area contributed by atoms with Gasteiger partial charge in [-0.25, -0.2) is 0 Å². The Kier molecular flexibility index (Phi) is 5.47. The molecule has 26 heavy (non-hydrogen) atoms. The van der Waals surface area contributed by atoms with Gasteiger partial charge in [0.25, 0.3) is 0 Å². The van der Waals surface area contributed by atoms with E-state index in [4.69, 9.17) is 11.6 Å². The maximum Gasteiger partial charge on any atom is 0.246 e. The predicted octanol–water partition coefficient (Wildman–Crippen LogP) is 4.44. The molecule has 2 aromatic carbocycles. The molecule has 0 aromatic heterocycles. The number of nitrogens with one attached hydrogen (secondary N) is 3. The molecule has 2 aromatic rings. The van der Waals surface area contributed by atoms with E-state index in [0.29, 0.717) is 10.7 Å². The van der Waals surface area contributed by atoms with Gasteiger partial charge in [-0.15, -0.1) is 0 Å². The first-order valence-corrected chi connectivity index (χ1v) is 9.05. The lowest BCUT2D eigenvalue weighted by Crippen LogP contribution is -2.32. The van der Waals surface area contributed by atoms with Gasteiger partial charge in [0.15, 0.2) is 0 Å². The number of carbonyl (C=O) groups excluding carboxylic acids is 2. The third-order valence-corrected chi connectivity index (χ3v) is 4.81. The van der Waals surface area contributed by atoms with Crippen molar-refractivity contribution in [3.05, 3.63) is 53.1 Å². The molecule has 3 rings (SSSR count). The standard InChI is InChI=1S/C20H22ClN3O2/c1-12-17(21)4-3-5-18(12)24-19(25)13(2)22-15-8-10-16(11-9-15)23-20(26)14-6-7-14/h3-5,8-11,13-14,22H,6-7H2,1-2H3,(H,23,26)(H,24,25)/t13-/m1/s1. The fourth-order valence-electron chi connectivity index (χ4n) is 2.54. The summed E-state index contributed by atoms with van der Waals surface area (Å²) in [7, 11) is 0. The summed E-state index contributed by atoms with van der Waals surface area (Å²) in [5, 5.41) is 9.55. The van der Waals surface area contributed by atoms with E-state index in [0.717, 1.165) is 29.8 Å². The fourth-order valence-corrected chi connectivity index (χ4v) is 2.71. The highest BCUT2D eigenvalue weighted by Gasteiger charge is 2.29. The molecule has 2 amide bonds. The van der Waals surface area contributed by atoms with Crippen LogP contribution in [0.5, 0.6) is 0 Å². The third kappa shape index (κ3) is 4.55. The normalized spacial score (nSPS) is 14.4. The minimum atomic E-state index is -0.430. The first kappa shape index (κ1) is 18.3. The number of amides is 2. The van der Waals surface area contributed by atoms with E-state index < -0.39 is 6.04 Å². The van der Waals surface area contributed by atoms with Crippen molar-refractivity contribution in [2.45, 2.75) is 32.7 Å². The van der Waals surface area contributed by atoms with Gasteiger partial charge in [-0.05, 0) is 68.7 Å². The van der Waals surface area contributed by atoms with Crippen LogP contribution in [0.2, 0.25) is 5.02 Å². The van der Waals surface area contributed by atoms with Crippen LogP contribution >= 0.6 is 11.6 Å². The summed E-state index contributed by atoms with van der Waals surface area (Å²) in [6, 6.07) is 12.3. The molecule has 0 heterocycles. The second-order valence-electron chi connectivity index (χ2n) is 6.61. The quantitative estimate of drug-likeness (QED) is 0.703. The smallest absolute Gasteiger partial charge is 0.246 e. The van der Waals surface area contributed by atoms with E-state index in [2.05, 4.69) is 16.0 Å². The molecule has 1 saturated carbocycles. The van der Waals surface area contributed by atoms with Crippen LogP contribution in [0.3, 0.4) is 0 Å². The molecule has 0 unspecified atom stereocenters. The van der Waals surface area contributed by atoms with Gasteiger partial charge in [0.2, 0.25) is 11.8 Å². The number of anilines is 3. The van der Waals surface area contributed by atoms with Crippen LogP contribution < -0.4 is 16.0 Å². The Morgan fingerprint density at radius 3 is 2.35 bits per heavy atom. The van der Waals surface area contributed by atoms with Crippen molar-refractivity contribution in [2.24, 2.45) is 5.92 Å². The molecule has 1 aliphatic rings. The van der Waals surface area contributed by atoms with E-state index in [1.165, 1.54) is 0 Å². The van der Waals surface area contributed by atoms with E-state index in [1.54, 1.807) is 19.1 Å². The predicted molar refractivity (Wildman–Crippen MR) is 106 cm³/mol. The molecule has 1 aliphatic carbocycles. The van der Waals surface area contributed by atoms with Crippen molar-refractivity contribution >= 4 is 40.5 Å². The largest absolute Gasteiger partial charge is 0.374 e. The second-order valence-corrected chi connectivity index (χ2v) is 7.02. The first-order chi connectivity index (χ1) is 12.4. The first-order valence-electron chi connectivity index (χ1n) is 8.67. The molecule has 1 fully saturated rings. The van der Waals surface area contributed by atoms with Crippen LogP contribution in [0, 0.1) is 12.8 Å². The van der Waals surface area contributed by atoms with Crippen LogP contribution in [-0.2, 0) is 9.59 Å². The van der Waals surface area contributed by atoms with Gasteiger partial charge in [0.1, 0.15) is 6.04 Å². The highest BCUT2D eigenvalue weighted by atomic mass is 35.5. The van der Waals surface area contributed by atoms with Crippen molar-refractivity contribution in [3.8, 4) is 0 Å². The molecule has 1 atom stereocenters. The summed E-state index contributed by atoms with van der Waals surface area (Å²) in [6.07, 6.45) is 1.95. The van der Waals surface area contributed by atoms with Crippen LogP contribution in [0.15, 0.2) is 42.5 Å². The molecule has 0 saturated heterocycles. The van der Waals surface area contributed by atoms with Gasteiger partial charge in [-0.3, -0.25) is 9.59 Å². The zero-order valence-corrected chi connectivity index (χ0v) is 15.6. The minimum Gasteiger partial charge on any atom is -0.374 e. The third-order valence-electron chi connectivity index (χ3n) is 4.40. The fraction of sp³-hybridized carbons (Fsp3) is 0.300. The molecular weight excluding hydrogens is 350 g/mol. The maximum atomic E-state index is 12.4. The maximum absolute atomic E-state index is 12.4.